The summed E-state index contributed by atoms with van der Waals surface area (Å²) in [5.74, 6) is 0.672. The van der Waals surface area contributed by atoms with Gasteiger partial charge in [-0.1, -0.05) is 0 Å². The molecule has 0 bridgehead atoms. The molecule has 17 heavy (non-hydrogen) atoms. The predicted octanol–water partition coefficient (Wildman–Crippen LogP) is 1.60. The van der Waals surface area contributed by atoms with E-state index in [-0.39, 0.29) is 0 Å². The zero-order chi connectivity index (χ0) is 11.8. The van der Waals surface area contributed by atoms with Crippen molar-refractivity contribution in [2.75, 3.05) is 27.2 Å². The van der Waals surface area contributed by atoms with E-state index in [1.165, 1.54) is 16.6 Å². The van der Waals surface area contributed by atoms with Crippen LogP contribution in [0.1, 0.15) is 11.3 Å². The van der Waals surface area contributed by atoms with Gasteiger partial charge in [-0.25, -0.2) is 0 Å². The number of rotatable bonds is 1. The van der Waals surface area contributed by atoms with Crippen molar-refractivity contribution < 1.29 is 4.74 Å². The molecule has 2 aromatic heterocycles. The number of methoxy groups -OCH3 is 1. The minimum absolute atomic E-state index is 0.672. The van der Waals surface area contributed by atoms with Crippen molar-refractivity contribution in [2.45, 2.75) is 12.8 Å². The van der Waals surface area contributed by atoms with Crippen LogP contribution in [0.3, 0.4) is 0 Å². The molecule has 0 fully saturated rings. The van der Waals surface area contributed by atoms with Crippen molar-refractivity contribution in [3.63, 3.8) is 0 Å². The summed E-state index contributed by atoms with van der Waals surface area (Å²) in [4.78, 5) is 10.3. The highest BCUT2D eigenvalue weighted by molar-refractivity contribution is 5.82. The first-order valence-corrected chi connectivity index (χ1v) is 6.01. The molecule has 0 aliphatic carbocycles. The number of fused-ring (bicyclic) bond motifs is 3. The van der Waals surface area contributed by atoms with Crippen LogP contribution >= 0.6 is 0 Å². The molecule has 0 radical (unpaired) electrons. The lowest BCUT2D eigenvalue weighted by atomic mass is 10.1. The Balaban J connectivity index is 2.10. The summed E-state index contributed by atoms with van der Waals surface area (Å²) >= 11 is 0. The Morgan fingerprint density at radius 3 is 2.94 bits per heavy atom. The number of likely N-dealkylation sites (N-methyl/N-ethyl adjacent to an activating group) is 1. The normalized spacial score (nSPS) is 16.8. The SMILES string of the molecule is COc1ccc2c3c([nH]c2n1)CCN(C)CC3. The molecule has 0 amide bonds. The van der Waals surface area contributed by atoms with E-state index in [0.717, 1.165) is 31.6 Å². The fourth-order valence-corrected chi connectivity index (χ4v) is 2.49. The average molecular weight is 231 g/mol. The van der Waals surface area contributed by atoms with E-state index < -0.39 is 0 Å². The molecule has 1 aliphatic heterocycles. The minimum atomic E-state index is 0.672. The van der Waals surface area contributed by atoms with Gasteiger partial charge in [0, 0.05) is 36.7 Å². The van der Waals surface area contributed by atoms with Crippen molar-refractivity contribution in [1.29, 1.82) is 0 Å². The van der Waals surface area contributed by atoms with Gasteiger partial charge in [0.2, 0.25) is 5.88 Å². The van der Waals surface area contributed by atoms with Gasteiger partial charge in [-0.3, -0.25) is 0 Å². The molecule has 3 heterocycles. The van der Waals surface area contributed by atoms with Crippen molar-refractivity contribution in [2.24, 2.45) is 0 Å². The fraction of sp³-hybridized carbons (Fsp3) is 0.462. The number of nitrogens with one attached hydrogen (secondary N) is 1. The molecule has 1 aliphatic rings. The molecule has 0 atom stereocenters. The van der Waals surface area contributed by atoms with Crippen LogP contribution in [0.4, 0.5) is 0 Å². The molecule has 0 saturated carbocycles. The Kier molecular flexibility index (Phi) is 2.52. The molecule has 3 rings (SSSR count). The Hall–Kier alpha value is -1.55. The highest BCUT2D eigenvalue weighted by Crippen LogP contribution is 2.26. The van der Waals surface area contributed by atoms with Crippen LogP contribution < -0.4 is 4.74 Å². The number of ether oxygens (including phenoxy) is 1. The summed E-state index contributed by atoms with van der Waals surface area (Å²) in [6, 6.07) is 4.05. The second-order valence-electron chi connectivity index (χ2n) is 4.64. The number of aromatic amines is 1. The zero-order valence-electron chi connectivity index (χ0n) is 10.3. The molecule has 0 spiro atoms. The van der Waals surface area contributed by atoms with Crippen LogP contribution in [-0.2, 0) is 12.8 Å². The molecule has 1 N–H and O–H groups in total. The van der Waals surface area contributed by atoms with E-state index in [1.807, 2.05) is 6.07 Å². The largest absolute Gasteiger partial charge is 0.481 e. The molecular formula is C13H17N3O. The van der Waals surface area contributed by atoms with Crippen molar-refractivity contribution in [1.82, 2.24) is 14.9 Å². The Morgan fingerprint density at radius 1 is 1.29 bits per heavy atom. The van der Waals surface area contributed by atoms with E-state index in [2.05, 4.69) is 28.0 Å². The predicted molar refractivity (Wildman–Crippen MR) is 67.6 cm³/mol. The second kappa shape index (κ2) is 4.04. The maximum Gasteiger partial charge on any atom is 0.214 e. The maximum absolute atomic E-state index is 5.16. The Bertz CT molecular complexity index is 547. The van der Waals surface area contributed by atoms with Crippen LogP contribution in [0.15, 0.2) is 12.1 Å². The second-order valence-corrected chi connectivity index (χ2v) is 4.64. The lowest BCUT2D eigenvalue weighted by Crippen LogP contribution is -2.21. The molecular weight excluding hydrogens is 214 g/mol. The molecule has 90 valence electrons. The molecule has 0 unspecified atom stereocenters. The third-order valence-corrected chi connectivity index (χ3v) is 3.52. The molecule has 4 nitrogen and oxygen atoms in total. The fourth-order valence-electron chi connectivity index (χ4n) is 2.49. The summed E-state index contributed by atoms with van der Waals surface area (Å²) in [5.41, 5.74) is 3.73. The summed E-state index contributed by atoms with van der Waals surface area (Å²) in [6.07, 6.45) is 2.17. The van der Waals surface area contributed by atoms with Crippen molar-refractivity contribution in [3.05, 3.63) is 23.4 Å². The highest BCUT2D eigenvalue weighted by atomic mass is 16.5. The lowest BCUT2D eigenvalue weighted by molar-refractivity contribution is 0.352. The maximum atomic E-state index is 5.16. The monoisotopic (exact) mass is 231 g/mol. The van der Waals surface area contributed by atoms with Crippen LogP contribution in [0.25, 0.3) is 11.0 Å². The number of pyridine rings is 1. The van der Waals surface area contributed by atoms with Crippen LogP contribution in [0.5, 0.6) is 5.88 Å². The summed E-state index contributed by atoms with van der Waals surface area (Å²) < 4.78 is 5.16. The Morgan fingerprint density at radius 2 is 2.12 bits per heavy atom. The average Bonchev–Trinajstić information content (AvgIpc) is 2.60. The summed E-state index contributed by atoms with van der Waals surface area (Å²) in [6.45, 7) is 2.23. The Labute approximate surface area is 101 Å². The van der Waals surface area contributed by atoms with Gasteiger partial charge in [0.1, 0.15) is 5.65 Å². The zero-order valence-corrected chi connectivity index (χ0v) is 10.3. The number of hydrogen-bond donors (Lipinski definition) is 1. The molecule has 4 heteroatoms. The third-order valence-electron chi connectivity index (χ3n) is 3.52. The lowest BCUT2D eigenvalue weighted by Gasteiger charge is -2.11. The smallest absolute Gasteiger partial charge is 0.214 e. The molecule has 2 aromatic rings. The number of hydrogen-bond acceptors (Lipinski definition) is 3. The van der Waals surface area contributed by atoms with Gasteiger partial charge in [-0.05, 0) is 25.1 Å². The standard InChI is InChI=1S/C13H17N3O/c1-16-7-5-9-10-3-4-12(17-2)15-13(10)14-11(9)6-8-16/h3-4H,5-8H2,1-2H3,(H,14,15). The van der Waals surface area contributed by atoms with Gasteiger partial charge < -0.3 is 14.6 Å². The first-order valence-electron chi connectivity index (χ1n) is 6.01. The number of nitrogens with zero attached hydrogens (tertiary/aromatic N) is 2. The van der Waals surface area contributed by atoms with Crippen molar-refractivity contribution >= 4 is 11.0 Å². The van der Waals surface area contributed by atoms with E-state index in [4.69, 9.17) is 4.74 Å². The van der Waals surface area contributed by atoms with Gasteiger partial charge in [-0.2, -0.15) is 4.98 Å². The van der Waals surface area contributed by atoms with Gasteiger partial charge >= 0.3 is 0 Å². The number of aromatic nitrogens is 2. The van der Waals surface area contributed by atoms with Gasteiger partial charge in [0.25, 0.3) is 0 Å². The molecule has 0 saturated heterocycles. The highest BCUT2D eigenvalue weighted by Gasteiger charge is 2.17. The van der Waals surface area contributed by atoms with Crippen LogP contribution in [0.2, 0.25) is 0 Å². The summed E-state index contributed by atoms with van der Waals surface area (Å²) in [5, 5.41) is 1.25. The van der Waals surface area contributed by atoms with Gasteiger partial charge in [0.15, 0.2) is 0 Å². The van der Waals surface area contributed by atoms with Crippen LogP contribution in [-0.4, -0.2) is 42.1 Å². The topological polar surface area (TPSA) is 41.1 Å². The third kappa shape index (κ3) is 1.78. The van der Waals surface area contributed by atoms with E-state index in [9.17, 15) is 0 Å². The summed E-state index contributed by atoms with van der Waals surface area (Å²) in [7, 11) is 3.83. The number of H-pyrrole nitrogens is 1. The first-order chi connectivity index (χ1) is 8.28. The van der Waals surface area contributed by atoms with Crippen LogP contribution in [0, 0.1) is 0 Å². The molecule has 0 aromatic carbocycles. The first kappa shape index (κ1) is 10.6. The van der Waals surface area contributed by atoms with Gasteiger partial charge in [0.05, 0.1) is 7.11 Å². The van der Waals surface area contributed by atoms with Crippen molar-refractivity contribution in [3.8, 4) is 5.88 Å². The van der Waals surface area contributed by atoms with Gasteiger partial charge in [-0.15, -0.1) is 0 Å². The van der Waals surface area contributed by atoms with E-state index in [1.54, 1.807) is 7.11 Å². The van der Waals surface area contributed by atoms with E-state index >= 15 is 0 Å². The quantitative estimate of drug-likeness (QED) is 0.810. The van der Waals surface area contributed by atoms with E-state index in [0.29, 0.717) is 5.88 Å². The minimum Gasteiger partial charge on any atom is -0.481 e.